The molecule has 6 aliphatic carbocycles. The lowest BCUT2D eigenvalue weighted by Gasteiger charge is -2.30. The summed E-state index contributed by atoms with van der Waals surface area (Å²) in [4.78, 5) is 5.12. The fourth-order valence-corrected chi connectivity index (χ4v) is 8.59. The van der Waals surface area contributed by atoms with E-state index >= 15 is 0 Å². The first kappa shape index (κ1) is 30.3. The first-order valence-electron chi connectivity index (χ1n) is 18.1. The van der Waals surface area contributed by atoms with Crippen LogP contribution >= 0.6 is 0 Å². The maximum absolute atomic E-state index is 5.12. The molecule has 2 heteroatoms. The third kappa shape index (κ3) is 5.87. The van der Waals surface area contributed by atoms with Crippen molar-refractivity contribution in [2.75, 3.05) is 0 Å². The van der Waals surface area contributed by atoms with Crippen LogP contribution in [-0.2, 0) is 0 Å². The van der Waals surface area contributed by atoms with Crippen LogP contribution in [0, 0.1) is 5.92 Å². The van der Waals surface area contributed by atoms with Gasteiger partial charge in [-0.3, -0.25) is 4.99 Å². The molecular formula is C45H48N2. The van der Waals surface area contributed by atoms with Crippen LogP contribution in [0.5, 0.6) is 0 Å². The van der Waals surface area contributed by atoms with Gasteiger partial charge in [-0.1, -0.05) is 104 Å². The Hall–Kier alpha value is -4.01. The number of hydrogen-bond donors (Lipinski definition) is 1. The fourth-order valence-electron chi connectivity index (χ4n) is 8.59. The topological polar surface area (TPSA) is 24.4 Å². The molecule has 2 aromatic carbocycles. The van der Waals surface area contributed by atoms with Gasteiger partial charge in [-0.15, -0.1) is 0 Å². The standard InChI is InChI=1S/C45H48N2/c1-29-12-16-33(17-13-29)38-24-20-35-23-27-41-39(25-21-36-22-26-40(38)44(35)45(36)41)34-18-14-32(15-19-34)28-46-43-11-7-5-9-37(43)31(3)47-42-10-6-4-8-30(42)2/h5-6,9-10,12,14,16,18,20-21,23-28,30-31,36,42,47H,4,7-8,11,13,15,17,19,22H2,1-3H3. The molecule has 2 aromatic rings. The van der Waals surface area contributed by atoms with Gasteiger partial charge in [-0.05, 0) is 138 Å². The predicted octanol–water partition coefficient (Wildman–Crippen LogP) is 9.61. The third-order valence-electron chi connectivity index (χ3n) is 11.4. The molecule has 238 valence electrons. The predicted molar refractivity (Wildman–Crippen MR) is 202 cm³/mol. The van der Waals surface area contributed by atoms with E-state index < -0.39 is 0 Å². The highest BCUT2D eigenvalue weighted by molar-refractivity contribution is 5.95. The Kier molecular flexibility index (Phi) is 8.32. The number of aliphatic imine (C=N–C) groups is 1. The van der Waals surface area contributed by atoms with Gasteiger partial charge in [0.05, 0.1) is 0 Å². The highest BCUT2D eigenvalue weighted by Gasteiger charge is 2.25. The number of nitrogens with one attached hydrogen (secondary N) is 1. The van der Waals surface area contributed by atoms with Crippen molar-refractivity contribution in [1.82, 2.24) is 5.32 Å². The Labute approximate surface area is 280 Å². The summed E-state index contributed by atoms with van der Waals surface area (Å²) in [6.07, 6.45) is 38.2. The number of nitrogens with zero attached hydrogens (tertiary/aromatic N) is 1. The largest absolute Gasteiger partial charge is 0.304 e. The van der Waals surface area contributed by atoms with Crippen LogP contribution in [0.15, 0.2) is 118 Å². The van der Waals surface area contributed by atoms with Crippen LogP contribution in [0.25, 0.3) is 28.0 Å². The second-order valence-corrected chi connectivity index (χ2v) is 14.6. The van der Waals surface area contributed by atoms with Gasteiger partial charge in [-0.2, -0.15) is 0 Å². The molecule has 0 aromatic heterocycles. The van der Waals surface area contributed by atoms with E-state index in [4.69, 9.17) is 4.99 Å². The van der Waals surface area contributed by atoms with E-state index in [2.05, 4.69) is 123 Å². The van der Waals surface area contributed by atoms with Gasteiger partial charge in [0, 0.05) is 29.9 Å². The summed E-state index contributed by atoms with van der Waals surface area (Å²) in [5.41, 5.74) is 12.7. The molecule has 4 atom stereocenters. The number of rotatable bonds is 7. The maximum atomic E-state index is 5.12. The van der Waals surface area contributed by atoms with Crippen LogP contribution in [0.4, 0.5) is 0 Å². The highest BCUT2D eigenvalue weighted by atomic mass is 15.0. The Bertz CT molecular complexity index is 2030. The summed E-state index contributed by atoms with van der Waals surface area (Å²) >= 11 is 0. The molecule has 0 bridgehead atoms. The highest BCUT2D eigenvalue weighted by Crippen LogP contribution is 2.36. The minimum Gasteiger partial charge on any atom is -0.304 e. The SMILES string of the molecule is CC1=CC=C(c2ccc3ccc4c5c3c2=CCC5C=CC=4C2=CC=C(C=NC3=C(C(C)NC4C=CCCC4C)C=CCC3)CC2)CC1. The van der Waals surface area contributed by atoms with Gasteiger partial charge < -0.3 is 5.32 Å². The van der Waals surface area contributed by atoms with E-state index in [0.717, 1.165) is 44.9 Å². The van der Waals surface area contributed by atoms with Crippen molar-refractivity contribution >= 4 is 34.2 Å². The van der Waals surface area contributed by atoms with Crippen molar-refractivity contribution in [1.29, 1.82) is 0 Å². The molecule has 0 radical (unpaired) electrons. The number of allylic oxidation sites excluding steroid dienone is 13. The smallest absolute Gasteiger partial charge is 0.0454 e. The molecule has 0 heterocycles. The minimum absolute atomic E-state index is 0.289. The normalized spacial score (nSPS) is 25.9. The average Bonchev–Trinajstić information content (AvgIpc) is 3.11. The molecule has 0 saturated heterocycles. The van der Waals surface area contributed by atoms with E-state index in [-0.39, 0.29) is 6.04 Å². The third-order valence-corrected chi connectivity index (χ3v) is 11.4. The molecule has 0 aliphatic heterocycles. The second kappa shape index (κ2) is 12.9. The fraction of sp³-hybridized carbons (Fsp3) is 0.356. The molecular weight excluding hydrogens is 569 g/mol. The molecule has 0 fully saturated rings. The van der Waals surface area contributed by atoms with Crippen molar-refractivity contribution in [2.45, 2.75) is 96.6 Å². The Balaban J connectivity index is 1.10. The summed E-state index contributed by atoms with van der Waals surface area (Å²) in [7, 11) is 0. The van der Waals surface area contributed by atoms with Crippen molar-refractivity contribution in [3.8, 4) is 0 Å². The summed E-state index contributed by atoms with van der Waals surface area (Å²) < 4.78 is 0. The lowest BCUT2D eigenvalue weighted by Crippen LogP contribution is -2.41. The summed E-state index contributed by atoms with van der Waals surface area (Å²) in [5.74, 6) is 1.14. The molecule has 6 aliphatic rings. The molecule has 0 spiro atoms. The van der Waals surface area contributed by atoms with Crippen molar-refractivity contribution < 1.29 is 0 Å². The zero-order valence-corrected chi connectivity index (χ0v) is 28.4. The van der Waals surface area contributed by atoms with Crippen LogP contribution < -0.4 is 15.8 Å². The molecule has 47 heavy (non-hydrogen) atoms. The average molecular weight is 617 g/mol. The summed E-state index contributed by atoms with van der Waals surface area (Å²) in [5, 5.41) is 9.64. The quantitative estimate of drug-likeness (QED) is 0.243. The molecule has 8 rings (SSSR count). The van der Waals surface area contributed by atoms with Gasteiger partial charge in [-0.25, -0.2) is 0 Å². The Morgan fingerprint density at radius 2 is 1.74 bits per heavy atom. The van der Waals surface area contributed by atoms with Crippen LogP contribution in [0.3, 0.4) is 0 Å². The van der Waals surface area contributed by atoms with E-state index in [1.54, 1.807) is 5.56 Å². The van der Waals surface area contributed by atoms with Crippen molar-refractivity contribution in [3.05, 3.63) is 135 Å². The summed E-state index contributed by atoms with van der Waals surface area (Å²) in [6, 6.07) is 10.2. The van der Waals surface area contributed by atoms with E-state index in [0.29, 0.717) is 17.9 Å². The zero-order valence-electron chi connectivity index (χ0n) is 28.4. The van der Waals surface area contributed by atoms with Crippen LogP contribution in [-0.4, -0.2) is 18.3 Å². The minimum atomic E-state index is 0.289. The first-order valence-corrected chi connectivity index (χ1v) is 18.1. The van der Waals surface area contributed by atoms with E-state index in [1.807, 2.05) is 0 Å². The van der Waals surface area contributed by atoms with Gasteiger partial charge >= 0.3 is 0 Å². The summed E-state index contributed by atoms with van der Waals surface area (Å²) in [6.45, 7) is 6.92. The van der Waals surface area contributed by atoms with Crippen molar-refractivity contribution in [3.63, 3.8) is 0 Å². The molecule has 2 nitrogen and oxygen atoms in total. The molecule has 4 unspecified atom stereocenters. The van der Waals surface area contributed by atoms with Gasteiger partial charge in [0.25, 0.3) is 0 Å². The molecule has 0 saturated carbocycles. The van der Waals surface area contributed by atoms with E-state index in [9.17, 15) is 0 Å². The lowest BCUT2D eigenvalue weighted by atomic mass is 9.77. The first-order chi connectivity index (χ1) is 23.0. The van der Waals surface area contributed by atoms with E-state index in [1.165, 1.54) is 78.8 Å². The number of benzene rings is 2. The van der Waals surface area contributed by atoms with Gasteiger partial charge in [0.2, 0.25) is 0 Å². The zero-order chi connectivity index (χ0) is 31.9. The van der Waals surface area contributed by atoms with Crippen LogP contribution in [0.2, 0.25) is 0 Å². The molecule has 1 N–H and O–H groups in total. The lowest BCUT2D eigenvalue weighted by molar-refractivity contribution is 0.380. The second-order valence-electron chi connectivity index (χ2n) is 14.6. The Morgan fingerprint density at radius 3 is 2.57 bits per heavy atom. The Morgan fingerprint density at radius 1 is 0.872 bits per heavy atom. The van der Waals surface area contributed by atoms with Crippen LogP contribution in [0.1, 0.15) is 95.6 Å². The monoisotopic (exact) mass is 616 g/mol. The van der Waals surface area contributed by atoms with Crippen molar-refractivity contribution in [2.24, 2.45) is 10.9 Å². The van der Waals surface area contributed by atoms with Gasteiger partial charge in [0.1, 0.15) is 0 Å². The maximum Gasteiger partial charge on any atom is 0.0454 e. The molecule has 0 amide bonds. The number of hydrogen-bond acceptors (Lipinski definition) is 2. The van der Waals surface area contributed by atoms with Gasteiger partial charge in [0.15, 0.2) is 0 Å².